The molecule has 1 aromatic heterocycles. The second-order valence-electron chi connectivity index (χ2n) is 8.05. The lowest BCUT2D eigenvalue weighted by molar-refractivity contribution is -0.154. The van der Waals surface area contributed by atoms with Gasteiger partial charge < -0.3 is 20.3 Å². The summed E-state index contributed by atoms with van der Waals surface area (Å²) < 4.78 is 41.1. The first-order chi connectivity index (χ1) is 14.8. The summed E-state index contributed by atoms with van der Waals surface area (Å²) in [6.07, 6.45) is -1.57. The molecule has 1 saturated carbocycles. The fraction of sp³-hybridized carbons (Fsp3) is 0.381. The molecule has 11 heteroatoms. The number of rotatable bonds is 6. The standard InChI is InChI=1S/C21H21ClF3N3O4/c1-10-6-12(4-5-13(10)23)26-18(31)14-11(2)15(28(3)17(14)22)16(30)19(32)27-20(9-29)7-21(24,25)8-20/h4-6,29H,7-9H2,1-3H3,(H,26,31)(H,27,32). The van der Waals surface area contributed by atoms with E-state index in [-0.39, 0.29) is 22.0 Å². The number of aromatic nitrogens is 1. The van der Waals surface area contributed by atoms with Crippen LogP contribution in [0.3, 0.4) is 0 Å². The summed E-state index contributed by atoms with van der Waals surface area (Å²) in [6.45, 7) is 2.19. The van der Waals surface area contributed by atoms with Crippen molar-refractivity contribution in [3.63, 3.8) is 0 Å². The van der Waals surface area contributed by atoms with Crippen molar-refractivity contribution in [3.8, 4) is 0 Å². The number of amides is 2. The zero-order valence-corrected chi connectivity index (χ0v) is 18.2. The number of ketones is 1. The van der Waals surface area contributed by atoms with E-state index >= 15 is 0 Å². The zero-order valence-electron chi connectivity index (χ0n) is 17.5. The predicted octanol–water partition coefficient (Wildman–Crippen LogP) is 3.15. The number of carbonyl (C=O) groups excluding carboxylic acids is 3. The van der Waals surface area contributed by atoms with Crippen LogP contribution < -0.4 is 10.6 Å². The molecule has 1 aromatic carbocycles. The monoisotopic (exact) mass is 471 g/mol. The molecule has 0 atom stereocenters. The van der Waals surface area contributed by atoms with Crippen LogP contribution in [-0.2, 0) is 11.8 Å². The lowest BCUT2D eigenvalue weighted by Crippen LogP contribution is -2.65. The van der Waals surface area contributed by atoms with Crippen molar-refractivity contribution in [2.45, 2.75) is 38.2 Å². The van der Waals surface area contributed by atoms with E-state index < -0.39 is 54.3 Å². The highest BCUT2D eigenvalue weighted by Gasteiger charge is 2.57. The van der Waals surface area contributed by atoms with Crippen LogP contribution in [0.15, 0.2) is 18.2 Å². The first-order valence-electron chi connectivity index (χ1n) is 9.58. The summed E-state index contributed by atoms with van der Waals surface area (Å²) >= 11 is 6.24. The van der Waals surface area contributed by atoms with E-state index in [1.165, 1.54) is 39.1 Å². The molecular formula is C21H21ClF3N3O4. The Morgan fingerprint density at radius 1 is 1.22 bits per heavy atom. The van der Waals surface area contributed by atoms with Gasteiger partial charge in [0, 0.05) is 25.6 Å². The van der Waals surface area contributed by atoms with E-state index in [0.29, 0.717) is 11.3 Å². The van der Waals surface area contributed by atoms with Crippen molar-refractivity contribution in [3.05, 3.63) is 51.6 Å². The number of Topliss-reactive ketones (excluding diaryl/α,β-unsaturated/α-hetero) is 1. The Hall–Kier alpha value is -2.85. The number of hydrogen-bond acceptors (Lipinski definition) is 4. The smallest absolute Gasteiger partial charge is 0.294 e. The van der Waals surface area contributed by atoms with Gasteiger partial charge in [0.15, 0.2) is 0 Å². The molecule has 0 aliphatic heterocycles. The Morgan fingerprint density at radius 3 is 2.38 bits per heavy atom. The molecule has 0 radical (unpaired) electrons. The number of nitrogens with zero attached hydrogens (tertiary/aromatic N) is 1. The second kappa shape index (κ2) is 8.25. The van der Waals surface area contributed by atoms with Crippen LogP contribution in [0.25, 0.3) is 0 Å². The van der Waals surface area contributed by atoms with E-state index in [0.717, 1.165) is 4.57 Å². The molecule has 1 aliphatic carbocycles. The van der Waals surface area contributed by atoms with Crippen LogP contribution in [0.2, 0.25) is 5.15 Å². The molecule has 0 bridgehead atoms. The second-order valence-corrected chi connectivity index (χ2v) is 8.41. The van der Waals surface area contributed by atoms with E-state index in [2.05, 4.69) is 10.6 Å². The molecular weight excluding hydrogens is 451 g/mol. The quantitative estimate of drug-likeness (QED) is 0.445. The number of hydrogen-bond donors (Lipinski definition) is 3. The fourth-order valence-electron chi connectivity index (χ4n) is 3.88. The van der Waals surface area contributed by atoms with Crippen molar-refractivity contribution < 1.29 is 32.7 Å². The molecule has 0 unspecified atom stereocenters. The van der Waals surface area contributed by atoms with Crippen molar-refractivity contribution in [2.24, 2.45) is 7.05 Å². The third-order valence-corrected chi connectivity index (χ3v) is 5.95. The molecule has 0 saturated heterocycles. The highest BCUT2D eigenvalue weighted by Crippen LogP contribution is 2.45. The predicted molar refractivity (Wildman–Crippen MR) is 111 cm³/mol. The first kappa shape index (κ1) is 23.8. The highest BCUT2D eigenvalue weighted by atomic mass is 35.5. The van der Waals surface area contributed by atoms with Crippen LogP contribution in [0.4, 0.5) is 18.9 Å². The summed E-state index contributed by atoms with van der Waals surface area (Å²) in [6, 6.07) is 3.96. The topological polar surface area (TPSA) is 100 Å². The minimum atomic E-state index is -3.03. The third kappa shape index (κ3) is 4.24. The Labute approximate surface area is 186 Å². The molecule has 32 heavy (non-hydrogen) atoms. The van der Waals surface area contributed by atoms with Crippen molar-refractivity contribution >= 4 is 34.9 Å². The van der Waals surface area contributed by atoms with Gasteiger partial charge >= 0.3 is 0 Å². The van der Waals surface area contributed by atoms with Gasteiger partial charge in [0.1, 0.15) is 11.0 Å². The maximum Gasteiger partial charge on any atom is 0.294 e. The third-order valence-electron chi connectivity index (χ3n) is 5.51. The van der Waals surface area contributed by atoms with E-state index in [9.17, 15) is 32.7 Å². The average Bonchev–Trinajstić information content (AvgIpc) is 2.91. The normalized spacial score (nSPS) is 16.2. The van der Waals surface area contributed by atoms with Gasteiger partial charge in [-0.2, -0.15) is 0 Å². The number of aliphatic hydroxyl groups is 1. The molecule has 3 N–H and O–H groups in total. The Bertz CT molecular complexity index is 1120. The van der Waals surface area contributed by atoms with Gasteiger partial charge in [0.25, 0.3) is 23.5 Å². The first-order valence-corrected chi connectivity index (χ1v) is 9.96. The highest BCUT2D eigenvalue weighted by molar-refractivity contribution is 6.44. The molecule has 2 amide bonds. The number of carbonyl (C=O) groups is 3. The summed E-state index contributed by atoms with van der Waals surface area (Å²) in [5.74, 6) is -6.45. The van der Waals surface area contributed by atoms with Gasteiger partial charge in [-0.15, -0.1) is 0 Å². The lowest BCUT2D eigenvalue weighted by atomic mass is 9.74. The van der Waals surface area contributed by atoms with Gasteiger partial charge in [-0.05, 0) is 43.2 Å². The maximum atomic E-state index is 13.5. The summed E-state index contributed by atoms with van der Waals surface area (Å²) in [5, 5.41) is 14.0. The van der Waals surface area contributed by atoms with Gasteiger partial charge in [-0.1, -0.05) is 11.6 Å². The molecule has 7 nitrogen and oxygen atoms in total. The summed E-state index contributed by atoms with van der Waals surface area (Å²) in [4.78, 5) is 38.0. The van der Waals surface area contributed by atoms with Crippen molar-refractivity contribution in [1.82, 2.24) is 9.88 Å². The van der Waals surface area contributed by atoms with Crippen LogP contribution in [0, 0.1) is 19.7 Å². The van der Waals surface area contributed by atoms with Crippen LogP contribution in [0.5, 0.6) is 0 Å². The van der Waals surface area contributed by atoms with E-state index in [4.69, 9.17) is 11.6 Å². The van der Waals surface area contributed by atoms with Gasteiger partial charge in [-0.3, -0.25) is 14.4 Å². The Morgan fingerprint density at radius 2 is 1.84 bits per heavy atom. The fourth-order valence-corrected chi connectivity index (χ4v) is 4.19. The van der Waals surface area contributed by atoms with E-state index in [1.807, 2.05) is 0 Å². The molecule has 172 valence electrons. The van der Waals surface area contributed by atoms with Gasteiger partial charge in [0.2, 0.25) is 0 Å². The van der Waals surface area contributed by atoms with Crippen molar-refractivity contribution in [1.29, 1.82) is 0 Å². The number of aliphatic hydroxyl groups excluding tert-OH is 1. The Kier molecular flexibility index (Phi) is 6.14. The summed E-state index contributed by atoms with van der Waals surface area (Å²) in [7, 11) is 1.37. The number of aryl methyl sites for hydroxylation is 1. The van der Waals surface area contributed by atoms with Crippen molar-refractivity contribution in [2.75, 3.05) is 11.9 Å². The molecule has 2 aromatic rings. The number of benzene rings is 1. The largest absolute Gasteiger partial charge is 0.394 e. The molecule has 1 heterocycles. The molecule has 1 aliphatic rings. The minimum absolute atomic E-state index is 0.0701. The summed E-state index contributed by atoms with van der Waals surface area (Å²) in [5.41, 5.74) is -1.14. The van der Waals surface area contributed by atoms with Gasteiger partial charge in [-0.25, -0.2) is 13.2 Å². The molecule has 0 spiro atoms. The molecule has 1 fully saturated rings. The van der Waals surface area contributed by atoms with Crippen LogP contribution in [0.1, 0.15) is 44.8 Å². The number of nitrogens with one attached hydrogen (secondary N) is 2. The Balaban J connectivity index is 1.85. The number of alkyl halides is 2. The van der Waals surface area contributed by atoms with Crippen LogP contribution in [-0.4, -0.2) is 45.3 Å². The SMILES string of the molecule is Cc1cc(NC(=O)c2c(C)c(C(=O)C(=O)NC3(CO)CC(F)(F)C3)n(C)c2Cl)ccc1F. The van der Waals surface area contributed by atoms with Crippen LogP contribution >= 0.6 is 11.6 Å². The van der Waals surface area contributed by atoms with E-state index in [1.54, 1.807) is 0 Å². The molecule has 3 rings (SSSR count). The average molecular weight is 472 g/mol. The van der Waals surface area contributed by atoms with Gasteiger partial charge in [0.05, 0.1) is 23.4 Å². The number of halogens is 4. The lowest BCUT2D eigenvalue weighted by Gasteiger charge is -2.46. The maximum absolute atomic E-state index is 13.5. The number of anilines is 1. The zero-order chi connectivity index (χ0) is 24.0. The minimum Gasteiger partial charge on any atom is -0.394 e.